The Balaban J connectivity index is 1.53. The number of rotatable bonds is 8. The van der Waals surface area contributed by atoms with E-state index in [4.69, 9.17) is 4.74 Å². The average molecular weight is 420 g/mol. The van der Waals surface area contributed by atoms with Gasteiger partial charge < -0.3 is 14.2 Å². The van der Waals surface area contributed by atoms with Crippen LogP contribution in [0.4, 0.5) is 0 Å². The van der Waals surface area contributed by atoms with E-state index in [1.54, 1.807) is 13.3 Å². The molecule has 1 aromatic carbocycles. The van der Waals surface area contributed by atoms with Crippen molar-refractivity contribution in [2.75, 3.05) is 20.3 Å². The van der Waals surface area contributed by atoms with Crippen molar-refractivity contribution in [3.63, 3.8) is 0 Å². The van der Waals surface area contributed by atoms with Gasteiger partial charge in [0.2, 0.25) is 0 Å². The van der Waals surface area contributed by atoms with Crippen molar-refractivity contribution in [2.24, 2.45) is 0 Å². The minimum Gasteiger partial charge on any atom is -0.385 e. The summed E-state index contributed by atoms with van der Waals surface area (Å²) >= 11 is 0. The van der Waals surface area contributed by atoms with E-state index in [1.165, 1.54) is 5.56 Å². The van der Waals surface area contributed by atoms with E-state index in [2.05, 4.69) is 31.9 Å². The number of benzene rings is 1. The molecule has 1 atom stereocenters. The highest BCUT2D eigenvalue weighted by Crippen LogP contribution is 2.29. The van der Waals surface area contributed by atoms with Crippen LogP contribution in [0.25, 0.3) is 0 Å². The molecule has 3 heterocycles. The molecular formula is C24H29N5O2. The number of amides is 1. The van der Waals surface area contributed by atoms with Crippen molar-refractivity contribution >= 4 is 5.91 Å². The Labute approximate surface area is 183 Å². The van der Waals surface area contributed by atoms with E-state index in [1.807, 2.05) is 42.2 Å². The highest BCUT2D eigenvalue weighted by Gasteiger charge is 2.24. The van der Waals surface area contributed by atoms with Crippen LogP contribution in [0.2, 0.25) is 0 Å². The van der Waals surface area contributed by atoms with E-state index in [-0.39, 0.29) is 5.91 Å². The monoisotopic (exact) mass is 419 g/mol. The summed E-state index contributed by atoms with van der Waals surface area (Å²) in [5, 5.41) is 8.47. The van der Waals surface area contributed by atoms with Gasteiger partial charge in [0.1, 0.15) is 11.6 Å². The van der Waals surface area contributed by atoms with E-state index >= 15 is 0 Å². The first kappa shape index (κ1) is 21.2. The van der Waals surface area contributed by atoms with Crippen LogP contribution in [0.1, 0.15) is 52.0 Å². The van der Waals surface area contributed by atoms with E-state index < -0.39 is 0 Å². The van der Waals surface area contributed by atoms with Crippen LogP contribution in [-0.4, -0.2) is 50.8 Å². The average Bonchev–Trinajstić information content (AvgIpc) is 3.19. The van der Waals surface area contributed by atoms with Gasteiger partial charge in [0.05, 0.1) is 12.2 Å². The van der Waals surface area contributed by atoms with E-state index in [9.17, 15) is 4.79 Å². The number of aromatic nitrogens is 4. The molecule has 162 valence electrons. The molecule has 0 bridgehead atoms. The number of fused-ring (bicyclic) bond motifs is 1. The maximum absolute atomic E-state index is 13.4. The van der Waals surface area contributed by atoms with E-state index in [0.717, 1.165) is 48.7 Å². The fourth-order valence-corrected chi connectivity index (χ4v) is 4.18. The van der Waals surface area contributed by atoms with Crippen molar-refractivity contribution in [1.29, 1.82) is 0 Å². The smallest absolute Gasteiger partial charge is 0.254 e. The van der Waals surface area contributed by atoms with Gasteiger partial charge in [-0.2, -0.15) is 0 Å². The summed E-state index contributed by atoms with van der Waals surface area (Å²) < 4.78 is 7.39. The van der Waals surface area contributed by atoms with Crippen LogP contribution < -0.4 is 0 Å². The number of hydrogen-bond acceptors (Lipinski definition) is 5. The molecule has 7 nitrogen and oxygen atoms in total. The Morgan fingerprint density at radius 2 is 2.13 bits per heavy atom. The van der Waals surface area contributed by atoms with Crippen molar-refractivity contribution in [3.8, 4) is 0 Å². The van der Waals surface area contributed by atoms with Crippen molar-refractivity contribution in [1.82, 2.24) is 24.6 Å². The lowest BCUT2D eigenvalue weighted by Gasteiger charge is -2.26. The predicted molar refractivity (Wildman–Crippen MR) is 118 cm³/mol. The Hall–Kier alpha value is -3.06. The van der Waals surface area contributed by atoms with Crippen molar-refractivity contribution in [3.05, 3.63) is 77.1 Å². The molecule has 3 aromatic rings. The molecule has 1 aliphatic rings. The maximum Gasteiger partial charge on any atom is 0.254 e. The zero-order valence-corrected chi connectivity index (χ0v) is 18.2. The molecule has 1 amide bonds. The van der Waals surface area contributed by atoms with Gasteiger partial charge in [-0.15, -0.1) is 10.2 Å². The lowest BCUT2D eigenvalue weighted by molar-refractivity contribution is 0.0721. The van der Waals surface area contributed by atoms with Crippen LogP contribution >= 0.6 is 0 Å². The molecule has 0 fully saturated rings. The van der Waals surface area contributed by atoms with Crippen LogP contribution in [0, 0.1) is 6.92 Å². The molecule has 0 radical (unpaired) electrons. The predicted octanol–water partition coefficient (Wildman–Crippen LogP) is 3.39. The molecule has 0 spiro atoms. The van der Waals surface area contributed by atoms with Crippen LogP contribution in [0.15, 0.2) is 48.7 Å². The first-order valence-corrected chi connectivity index (χ1v) is 10.8. The second-order valence-electron chi connectivity index (χ2n) is 8.03. The number of pyridine rings is 1. The standard InChI is InChI=1S/C24H29N5O2/c1-18-26-27-23-11-10-21(16-29(18)23)19-7-5-8-20(15-19)24(30)28(13-6-14-31-2)17-22-9-3-4-12-25-22/h3-5,7-9,12,15,21H,6,10-11,13-14,16-17H2,1-2H3/t21-/m1/s1. The number of methoxy groups -OCH3 is 1. The summed E-state index contributed by atoms with van der Waals surface area (Å²) in [5.74, 6) is 2.39. The highest BCUT2D eigenvalue weighted by atomic mass is 16.5. The number of nitrogens with zero attached hydrogens (tertiary/aromatic N) is 5. The summed E-state index contributed by atoms with van der Waals surface area (Å²) in [6.45, 7) is 4.58. The highest BCUT2D eigenvalue weighted by molar-refractivity contribution is 5.94. The first-order valence-electron chi connectivity index (χ1n) is 10.8. The van der Waals surface area contributed by atoms with Crippen LogP contribution in [-0.2, 0) is 24.2 Å². The maximum atomic E-state index is 13.4. The van der Waals surface area contributed by atoms with Gasteiger partial charge in [-0.05, 0) is 49.6 Å². The molecule has 1 aliphatic heterocycles. The van der Waals surface area contributed by atoms with Gasteiger partial charge >= 0.3 is 0 Å². The summed E-state index contributed by atoms with van der Waals surface area (Å²) in [5.41, 5.74) is 2.80. The molecule has 4 rings (SSSR count). The Bertz CT molecular complexity index is 1020. The van der Waals surface area contributed by atoms with Crippen LogP contribution in [0.3, 0.4) is 0 Å². The van der Waals surface area contributed by atoms with Gasteiger partial charge in [0.25, 0.3) is 5.91 Å². The van der Waals surface area contributed by atoms with Gasteiger partial charge in [-0.3, -0.25) is 9.78 Å². The quantitative estimate of drug-likeness (QED) is 0.523. The second-order valence-corrected chi connectivity index (χ2v) is 8.03. The lowest BCUT2D eigenvalue weighted by atomic mass is 9.90. The second kappa shape index (κ2) is 9.83. The normalized spacial score (nSPS) is 15.5. The third-order valence-electron chi connectivity index (χ3n) is 5.88. The fourth-order valence-electron chi connectivity index (χ4n) is 4.18. The Morgan fingerprint density at radius 1 is 1.23 bits per heavy atom. The summed E-state index contributed by atoms with van der Waals surface area (Å²) in [4.78, 5) is 19.7. The largest absolute Gasteiger partial charge is 0.385 e. The summed E-state index contributed by atoms with van der Waals surface area (Å²) in [7, 11) is 1.68. The molecule has 31 heavy (non-hydrogen) atoms. The lowest BCUT2D eigenvalue weighted by Crippen LogP contribution is -2.32. The van der Waals surface area contributed by atoms with Crippen molar-refractivity contribution < 1.29 is 9.53 Å². The third-order valence-corrected chi connectivity index (χ3v) is 5.88. The minimum atomic E-state index is 0.0283. The number of aryl methyl sites for hydroxylation is 2. The summed E-state index contributed by atoms with van der Waals surface area (Å²) in [6, 6.07) is 13.9. The zero-order valence-electron chi connectivity index (χ0n) is 18.2. The minimum absolute atomic E-state index is 0.0283. The van der Waals surface area contributed by atoms with Gasteiger partial charge in [-0.25, -0.2) is 0 Å². The Morgan fingerprint density at radius 3 is 2.94 bits per heavy atom. The van der Waals surface area contributed by atoms with Gasteiger partial charge in [-0.1, -0.05) is 18.2 Å². The molecule has 7 heteroatoms. The molecular weight excluding hydrogens is 390 g/mol. The van der Waals surface area contributed by atoms with Crippen molar-refractivity contribution in [2.45, 2.75) is 45.2 Å². The molecule has 0 N–H and O–H groups in total. The van der Waals surface area contributed by atoms with Gasteiger partial charge in [0, 0.05) is 50.9 Å². The molecule has 2 aromatic heterocycles. The SMILES string of the molecule is COCCCN(Cc1ccccn1)C(=O)c1cccc([C@@H]2CCc3nnc(C)n3C2)c1. The summed E-state index contributed by atoms with van der Waals surface area (Å²) in [6.07, 6.45) is 4.47. The molecule has 0 saturated heterocycles. The number of ether oxygens (including phenoxy) is 1. The fraction of sp³-hybridized carbons (Fsp3) is 0.417. The number of hydrogen-bond donors (Lipinski definition) is 0. The first-order chi connectivity index (χ1) is 15.2. The van der Waals surface area contributed by atoms with Crippen LogP contribution in [0.5, 0.6) is 0 Å². The zero-order chi connectivity index (χ0) is 21.6. The van der Waals surface area contributed by atoms with E-state index in [0.29, 0.717) is 25.6 Å². The molecule has 0 aliphatic carbocycles. The number of carbonyl (C=O) groups is 1. The topological polar surface area (TPSA) is 73.1 Å². The Kier molecular flexibility index (Phi) is 6.72. The van der Waals surface area contributed by atoms with Gasteiger partial charge in [0.15, 0.2) is 0 Å². The molecule has 0 saturated carbocycles. The molecule has 0 unspecified atom stereocenters. The third kappa shape index (κ3) is 4.99. The number of carbonyl (C=O) groups excluding carboxylic acids is 1.